The van der Waals surface area contributed by atoms with Gasteiger partial charge in [0.2, 0.25) is 0 Å². The quantitative estimate of drug-likeness (QED) is 0.923. The first-order valence-electron chi connectivity index (χ1n) is 6.43. The summed E-state index contributed by atoms with van der Waals surface area (Å²) in [5.74, 6) is -1.29. The summed E-state index contributed by atoms with van der Waals surface area (Å²) in [5.41, 5.74) is 1.99. The lowest BCUT2D eigenvalue weighted by molar-refractivity contribution is 0.576. The first kappa shape index (κ1) is 14.2. The highest BCUT2D eigenvalue weighted by Crippen LogP contribution is 2.27. The number of hydrogen-bond donors (Lipinski definition) is 1. The lowest BCUT2D eigenvalue weighted by Gasteiger charge is -2.20. The van der Waals surface area contributed by atoms with Gasteiger partial charge >= 0.3 is 0 Å². The van der Waals surface area contributed by atoms with Gasteiger partial charge < -0.3 is 10.2 Å². The first-order chi connectivity index (χ1) is 9.56. The van der Waals surface area contributed by atoms with E-state index in [4.69, 9.17) is 0 Å². The Hall–Kier alpha value is -2.17. The summed E-state index contributed by atoms with van der Waals surface area (Å²) < 4.78 is 27.3. The Balaban J connectivity index is 2.38. The number of nitrogens with zero attached hydrogens (tertiary/aromatic N) is 2. The van der Waals surface area contributed by atoms with Crippen molar-refractivity contribution in [3.63, 3.8) is 0 Å². The van der Waals surface area contributed by atoms with E-state index in [0.29, 0.717) is 0 Å². The molecule has 1 heterocycles. The van der Waals surface area contributed by atoms with Gasteiger partial charge in [0.25, 0.3) is 0 Å². The minimum absolute atomic E-state index is 0.0263. The molecule has 0 spiro atoms. The lowest BCUT2D eigenvalue weighted by Crippen LogP contribution is -2.14. The van der Waals surface area contributed by atoms with Gasteiger partial charge in [-0.05, 0) is 24.1 Å². The molecule has 20 heavy (non-hydrogen) atoms. The predicted octanol–water partition coefficient (Wildman–Crippen LogP) is 3.73. The highest BCUT2D eigenvalue weighted by atomic mass is 19.1. The van der Waals surface area contributed by atoms with Gasteiger partial charge in [0.15, 0.2) is 23.3 Å². The third-order valence-corrected chi connectivity index (χ3v) is 3.20. The Morgan fingerprint density at radius 2 is 1.80 bits per heavy atom. The van der Waals surface area contributed by atoms with E-state index in [9.17, 15) is 8.78 Å². The summed E-state index contributed by atoms with van der Waals surface area (Å²) in [4.78, 5) is 5.57. The number of aromatic nitrogens is 1. The fourth-order valence-electron chi connectivity index (χ4n) is 1.94. The Morgan fingerprint density at radius 1 is 1.15 bits per heavy atom. The minimum atomic E-state index is -0.705. The van der Waals surface area contributed by atoms with Crippen molar-refractivity contribution in [2.45, 2.75) is 13.3 Å². The Kier molecular flexibility index (Phi) is 4.17. The van der Waals surface area contributed by atoms with Crippen LogP contribution in [0.5, 0.6) is 0 Å². The van der Waals surface area contributed by atoms with Crippen LogP contribution in [0.15, 0.2) is 30.3 Å². The van der Waals surface area contributed by atoms with Gasteiger partial charge in [-0.15, -0.1) is 0 Å². The molecular formula is C15H17F2N3. The van der Waals surface area contributed by atoms with Crippen LogP contribution in [0.2, 0.25) is 0 Å². The van der Waals surface area contributed by atoms with Crippen LogP contribution in [0.1, 0.15) is 12.5 Å². The molecule has 2 rings (SSSR count). The highest BCUT2D eigenvalue weighted by Gasteiger charge is 2.15. The number of nitrogens with one attached hydrogen (secondary N) is 1. The van der Waals surface area contributed by atoms with Crippen molar-refractivity contribution < 1.29 is 8.78 Å². The van der Waals surface area contributed by atoms with Crippen LogP contribution in [-0.4, -0.2) is 19.1 Å². The molecule has 106 valence electrons. The van der Waals surface area contributed by atoms with Crippen molar-refractivity contribution in [2.75, 3.05) is 24.3 Å². The van der Waals surface area contributed by atoms with Gasteiger partial charge in [-0.25, -0.2) is 13.8 Å². The average Bonchev–Trinajstić information content (AvgIpc) is 2.47. The van der Waals surface area contributed by atoms with Crippen LogP contribution in [0, 0.1) is 11.6 Å². The average molecular weight is 277 g/mol. The molecule has 2 aromatic rings. The fraction of sp³-hybridized carbons (Fsp3) is 0.267. The molecule has 0 unspecified atom stereocenters. The molecule has 0 fully saturated rings. The molecular weight excluding hydrogens is 260 g/mol. The summed E-state index contributed by atoms with van der Waals surface area (Å²) in [5, 5.41) is 2.61. The van der Waals surface area contributed by atoms with Crippen LogP contribution < -0.4 is 10.2 Å². The molecule has 0 atom stereocenters. The van der Waals surface area contributed by atoms with E-state index < -0.39 is 11.6 Å². The van der Waals surface area contributed by atoms with Gasteiger partial charge in [0.05, 0.1) is 0 Å². The maximum atomic E-state index is 13.9. The van der Waals surface area contributed by atoms with Crippen molar-refractivity contribution in [1.29, 1.82) is 0 Å². The maximum absolute atomic E-state index is 13.9. The summed E-state index contributed by atoms with van der Waals surface area (Å²) >= 11 is 0. The van der Waals surface area contributed by atoms with Crippen molar-refractivity contribution in [3.8, 4) is 0 Å². The monoisotopic (exact) mass is 277 g/mol. The van der Waals surface area contributed by atoms with E-state index in [1.807, 2.05) is 24.3 Å². The number of benzene rings is 1. The van der Waals surface area contributed by atoms with Gasteiger partial charge in [-0.3, -0.25) is 0 Å². The molecule has 3 nitrogen and oxygen atoms in total. The second kappa shape index (κ2) is 5.86. The number of pyridine rings is 1. The van der Waals surface area contributed by atoms with Crippen LogP contribution in [0.25, 0.3) is 0 Å². The third-order valence-electron chi connectivity index (χ3n) is 3.20. The normalized spacial score (nSPS) is 10.4. The zero-order chi connectivity index (χ0) is 14.7. The van der Waals surface area contributed by atoms with E-state index in [2.05, 4.69) is 17.2 Å². The number of aryl methyl sites for hydroxylation is 1. The van der Waals surface area contributed by atoms with E-state index in [-0.39, 0.29) is 11.6 Å². The fourth-order valence-corrected chi connectivity index (χ4v) is 1.94. The number of anilines is 3. The molecule has 1 aromatic heterocycles. The topological polar surface area (TPSA) is 28.2 Å². The smallest absolute Gasteiger partial charge is 0.171 e. The van der Waals surface area contributed by atoms with Gasteiger partial charge in [-0.2, -0.15) is 0 Å². The van der Waals surface area contributed by atoms with Crippen molar-refractivity contribution in [1.82, 2.24) is 4.98 Å². The highest BCUT2D eigenvalue weighted by molar-refractivity contribution is 5.61. The van der Waals surface area contributed by atoms with Crippen molar-refractivity contribution >= 4 is 17.3 Å². The van der Waals surface area contributed by atoms with E-state index >= 15 is 0 Å². The third kappa shape index (κ3) is 2.71. The number of hydrogen-bond acceptors (Lipinski definition) is 3. The second-order valence-electron chi connectivity index (χ2n) is 4.45. The summed E-state index contributed by atoms with van der Waals surface area (Å²) in [6, 6.07) is 8.58. The van der Waals surface area contributed by atoms with Crippen LogP contribution in [0.4, 0.5) is 26.1 Å². The van der Waals surface area contributed by atoms with E-state index in [1.165, 1.54) is 5.56 Å². The molecule has 0 bridgehead atoms. The molecule has 0 aliphatic rings. The molecule has 5 heteroatoms. The second-order valence-corrected chi connectivity index (χ2v) is 4.45. The maximum Gasteiger partial charge on any atom is 0.171 e. The van der Waals surface area contributed by atoms with E-state index in [0.717, 1.165) is 18.2 Å². The Morgan fingerprint density at radius 3 is 2.35 bits per heavy atom. The van der Waals surface area contributed by atoms with Crippen LogP contribution >= 0.6 is 0 Å². The molecule has 0 aliphatic heterocycles. The van der Waals surface area contributed by atoms with Gasteiger partial charge in [-0.1, -0.05) is 19.1 Å². The molecule has 1 N–H and O–H groups in total. The summed E-state index contributed by atoms with van der Waals surface area (Å²) in [6.07, 6.45) is 0.942. The summed E-state index contributed by atoms with van der Waals surface area (Å²) in [6.45, 7) is 2.07. The Labute approximate surface area is 117 Å². The summed E-state index contributed by atoms with van der Waals surface area (Å²) in [7, 11) is 3.24. The SMILES string of the molecule is CCc1ccc(N(C)c2nc(NC)c(F)cc2F)cc1. The number of halogens is 2. The molecule has 0 amide bonds. The molecule has 0 radical (unpaired) electrons. The zero-order valence-corrected chi connectivity index (χ0v) is 11.7. The van der Waals surface area contributed by atoms with Gasteiger partial charge in [0.1, 0.15) is 0 Å². The Bertz CT molecular complexity index is 597. The molecule has 0 aliphatic carbocycles. The lowest BCUT2D eigenvalue weighted by atomic mass is 10.1. The predicted molar refractivity (Wildman–Crippen MR) is 77.6 cm³/mol. The van der Waals surface area contributed by atoms with E-state index in [1.54, 1.807) is 19.0 Å². The van der Waals surface area contributed by atoms with Crippen LogP contribution in [0.3, 0.4) is 0 Å². The molecule has 0 saturated heterocycles. The first-order valence-corrected chi connectivity index (χ1v) is 6.43. The molecule has 1 aromatic carbocycles. The van der Waals surface area contributed by atoms with Gasteiger partial charge in [0, 0.05) is 25.8 Å². The molecule has 0 saturated carbocycles. The minimum Gasteiger partial charge on any atom is -0.371 e. The standard InChI is InChI=1S/C15H17F2N3/c1-4-10-5-7-11(8-6-10)20(3)15-13(17)9-12(16)14(18-2)19-15/h5-9H,4H2,1-3H3,(H,18,19). The number of rotatable bonds is 4. The van der Waals surface area contributed by atoms with Crippen molar-refractivity contribution in [3.05, 3.63) is 47.5 Å². The zero-order valence-electron chi connectivity index (χ0n) is 11.7. The largest absolute Gasteiger partial charge is 0.371 e. The van der Waals surface area contributed by atoms with Crippen molar-refractivity contribution in [2.24, 2.45) is 0 Å². The van der Waals surface area contributed by atoms with Crippen LogP contribution in [-0.2, 0) is 6.42 Å².